The Labute approximate surface area is 135 Å². The van der Waals surface area contributed by atoms with Crippen LogP contribution in [0.5, 0.6) is 0 Å². The molecule has 2 saturated heterocycles. The molecule has 2 aliphatic rings. The summed E-state index contributed by atoms with van der Waals surface area (Å²) in [4.78, 5) is 15.3. The molecule has 0 unspecified atom stereocenters. The summed E-state index contributed by atoms with van der Waals surface area (Å²) in [5.74, 6) is 0.652. The highest BCUT2D eigenvalue weighted by Gasteiger charge is 2.34. The van der Waals surface area contributed by atoms with E-state index in [9.17, 15) is 13.2 Å². The Balaban J connectivity index is 1.50. The van der Waals surface area contributed by atoms with Gasteiger partial charge in [0, 0.05) is 25.2 Å². The zero-order chi connectivity index (χ0) is 15.7. The van der Waals surface area contributed by atoms with Gasteiger partial charge in [-0.2, -0.15) is 0 Å². The third kappa shape index (κ3) is 3.52. The molecule has 2 aliphatic heterocycles. The minimum absolute atomic E-state index is 0.0226. The molecule has 1 atom stereocenters. The molecule has 0 aliphatic carbocycles. The molecule has 22 heavy (non-hydrogen) atoms. The topological polar surface area (TPSA) is 66.5 Å². The number of carbonyl (C=O) groups excluding carboxylic acids is 1. The average molecular weight is 342 g/mol. The summed E-state index contributed by atoms with van der Waals surface area (Å²) < 4.78 is 23.1. The molecule has 3 heterocycles. The molecule has 1 aromatic rings. The summed E-state index contributed by atoms with van der Waals surface area (Å²) in [5, 5.41) is 5.05. The van der Waals surface area contributed by atoms with Crippen LogP contribution in [0.2, 0.25) is 0 Å². The monoisotopic (exact) mass is 342 g/mol. The molecule has 122 valence electrons. The fourth-order valence-corrected chi connectivity index (χ4v) is 5.92. The van der Waals surface area contributed by atoms with Gasteiger partial charge in [-0.3, -0.25) is 9.69 Å². The number of thiophene rings is 1. The Morgan fingerprint density at radius 3 is 2.59 bits per heavy atom. The number of carbonyl (C=O) groups is 1. The van der Waals surface area contributed by atoms with Gasteiger partial charge in [0.25, 0.3) is 5.91 Å². The van der Waals surface area contributed by atoms with Crippen molar-refractivity contribution in [1.82, 2.24) is 10.2 Å². The Kier molecular flexibility index (Phi) is 4.56. The fourth-order valence-electron chi connectivity index (χ4n) is 3.33. The molecule has 0 radical (unpaired) electrons. The molecule has 0 bridgehead atoms. The van der Waals surface area contributed by atoms with Crippen molar-refractivity contribution in [3.8, 4) is 0 Å². The third-order valence-electron chi connectivity index (χ3n) is 4.66. The molecule has 1 aromatic heterocycles. The standard InChI is InChI=1S/C15H22N2O3S2/c1-11-4-8-21-14(11)15(18)16-12-2-6-17(7-3-12)13-5-9-22(19,20)10-13/h4,8,12-13H,2-3,5-7,9-10H2,1H3,(H,16,18)/t13-/m1/s1. The highest BCUT2D eigenvalue weighted by Crippen LogP contribution is 2.22. The first-order valence-corrected chi connectivity index (χ1v) is 10.4. The van der Waals surface area contributed by atoms with E-state index in [0.29, 0.717) is 11.5 Å². The van der Waals surface area contributed by atoms with Gasteiger partial charge in [0.2, 0.25) is 0 Å². The van der Waals surface area contributed by atoms with Gasteiger partial charge < -0.3 is 5.32 Å². The lowest BCUT2D eigenvalue weighted by Gasteiger charge is -2.35. The lowest BCUT2D eigenvalue weighted by Crippen LogP contribution is -2.48. The zero-order valence-electron chi connectivity index (χ0n) is 12.7. The van der Waals surface area contributed by atoms with E-state index in [0.717, 1.165) is 42.8 Å². The van der Waals surface area contributed by atoms with E-state index >= 15 is 0 Å². The van der Waals surface area contributed by atoms with Gasteiger partial charge in [-0.1, -0.05) is 0 Å². The smallest absolute Gasteiger partial charge is 0.261 e. The van der Waals surface area contributed by atoms with Crippen molar-refractivity contribution in [1.29, 1.82) is 0 Å². The van der Waals surface area contributed by atoms with Gasteiger partial charge in [0.15, 0.2) is 9.84 Å². The largest absolute Gasteiger partial charge is 0.349 e. The van der Waals surface area contributed by atoms with Crippen LogP contribution in [-0.4, -0.2) is 55.9 Å². The second-order valence-corrected chi connectivity index (χ2v) is 9.42. The third-order valence-corrected chi connectivity index (χ3v) is 7.42. The van der Waals surface area contributed by atoms with Crippen LogP contribution in [0, 0.1) is 6.92 Å². The van der Waals surface area contributed by atoms with Crippen LogP contribution in [-0.2, 0) is 9.84 Å². The number of nitrogens with one attached hydrogen (secondary N) is 1. The number of amides is 1. The first kappa shape index (κ1) is 16.0. The van der Waals surface area contributed by atoms with Crippen LogP contribution in [0.1, 0.15) is 34.5 Å². The lowest BCUT2D eigenvalue weighted by atomic mass is 10.0. The normalized spacial score (nSPS) is 26.1. The second-order valence-electron chi connectivity index (χ2n) is 6.27. The zero-order valence-corrected chi connectivity index (χ0v) is 14.4. The maximum Gasteiger partial charge on any atom is 0.261 e. The molecule has 1 N–H and O–H groups in total. The first-order valence-electron chi connectivity index (χ1n) is 7.74. The Morgan fingerprint density at radius 1 is 1.32 bits per heavy atom. The van der Waals surface area contributed by atoms with Crippen molar-refractivity contribution >= 4 is 27.1 Å². The first-order chi connectivity index (χ1) is 10.4. The van der Waals surface area contributed by atoms with E-state index in [2.05, 4.69) is 10.2 Å². The second kappa shape index (κ2) is 6.29. The Hall–Kier alpha value is -0.920. The number of aryl methyl sites for hydroxylation is 1. The maximum absolute atomic E-state index is 12.2. The Bertz CT molecular complexity index is 645. The molecular weight excluding hydrogens is 320 g/mol. The van der Waals surface area contributed by atoms with Crippen LogP contribution in [0.4, 0.5) is 0 Å². The molecule has 0 saturated carbocycles. The van der Waals surface area contributed by atoms with Crippen molar-refractivity contribution in [3.63, 3.8) is 0 Å². The Morgan fingerprint density at radius 2 is 2.05 bits per heavy atom. The van der Waals surface area contributed by atoms with E-state index in [4.69, 9.17) is 0 Å². The average Bonchev–Trinajstić information content (AvgIpc) is 3.05. The van der Waals surface area contributed by atoms with Gasteiger partial charge in [0.1, 0.15) is 0 Å². The van der Waals surface area contributed by atoms with Gasteiger partial charge in [-0.05, 0) is 43.2 Å². The predicted octanol–water partition coefficient (Wildman–Crippen LogP) is 1.44. The minimum Gasteiger partial charge on any atom is -0.349 e. The summed E-state index contributed by atoms with van der Waals surface area (Å²) in [7, 11) is -2.82. The molecule has 0 aromatic carbocycles. The van der Waals surface area contributed by atoms with Gasteiger partial charge in [-0.15, -0.1) is 11.3 Å². The lowest BCUT2D eigenvalue weighted by molar-refractivity contribution is 0.0901. The minimum atomic E-state index is -2.82. The number of likely N-dealkylation sites (tertiary alicyclic amines) is 1. The van der Waals surface area contributed by atoms with Gasteiger partial charge >= 0.3 is 0 Å². The van der Waals surface area contributed by atoms with Crippen LogP contribution >= 0.6 is 11.3 Å². The van der Waals surface area contributed by atoms with E-state index in [1.165, 1.54) is 11.3 Å². The summed E-state index contributed by atoms with van der Waals surface area (Å²) in [6, 6.07) is 2.34. The van der Waals surface area contributed by atoms with Gasteiger partial charge in [-0.25, -0.2) is 8.42 Å². The van der Waals surface area contributed by atoms with Crippen molar-refractivity contribution in [2.24, 2.45) is 0 Å². The van der Waals surface area contributed by atoms with Crippen LogP contribution in [0.15, 0.2) is 11.4 Å². The molecule has 2 fully saturated rings. The van der Waals surface area contributed by atoms with Crippen molar-refractivity contribution in [2.45, 2.75) is 38.3 Å². The molecule has 1 amide bonds. The maximum atomic E-state index is 12.2. The van der Waals surface area contributed by atoms with E-state index in [1.54, 1.807) is 0 Å². The highest BCUT2D eigenvalue weighted by molar-refractivity contribution is 7.91. The van der Waals surface area contributed by atoms with Gasteiger partial charge in [0.05, 0.1) is 16.4 Å². The van der Waals surface area contributed by atoms with E-state index in [1.807, 2.05) is 18.4 Å². The molecule has 3 rings (SSSR count). The van der Waals surface area contributed by atoms with Crippen LogP contribution in [0.3, 0.4) is 0 Å². The van der Waals surface area contributed by atoms with Crippen molar-refractivity contribution < 1.29 is 13.2 Å². The van der Waals surface area contributed by atoms with Crippen molar-refractivity contribution in [2.75, 3.05) is 24.6 Å². The fraction of sp³-hybridized carbons (Fsp3) is 0.667. The number of rotatable bonds is 3. The van der Waals surface area contributed by atoms with E-state index in [-0.39, 0.29) is 18.0 Å². The highest BCUT2D eigenvalue weighted by atomic mass is 32.2. The van der Waals surface area contributed by atoms with E-state index < -0.39 is 9.84 Å². The number of hydrogen-bond acceptors (Lipinski definition) is 5. The molecule has 7 heteroatoms. The summed E-state index contributed by atoms with van der Waals surface area (Å²) >= 11 is 1.48. The molecule has 0 spiro atoms. The SMILES string of the molecule is Cc1ccsc1C(=O)NC1CCN([C@@H]2CCS(=O)(=O)C2)CC1. The quantitative estimate of drug-likeness (QED) is 0.903. The van der Waals surface area contributed by atoms with Crippen molar-refractivity contribution in [3.05, 3.63) is 21.9 Å². The number of piperidine rings is 1. The van der Waals surface area contributed by atoms with Crippen LogP contribution in [0.25, 0.3) is 0 Å². The summed E-state index contributed by atoms with van der Waals surface area (Å²) in [6.45, 7) is 3.69. The summed E-state index contributed by atoms with van der Waals surface area (Å²) in [5.41, 5.74) is 1.02. The number of nitrogens with zero attached hydrogens (tertiary/aromatic N) is 1. The molecule has 5 nitrogen and oxygen atoms in total. The summed E-state index contributed by atoms with van der Waals surface area (Å²) in [6.07, 6.45) is 2.55. The number of sulfone groups is 1. The number of hydrogen-bond donors (Lipinski definition) is 1. The van der Waals surface area contributed by atoms with Crippen LogP contribution < -0.4 is 5.32 Å². The predicted molar refractivity (Wildman–Crippen MR) is 88.2 cm³/mol. The molecular formula is C15H22N2O3S2.